The van der Waals surface area contributed by atoms with Gasteiger partial charge in [0, 0.05) is 30.2 Å². The molecule has 2 heterocycles. The Kier molecular flexibility index (Phi) is 4.92. The molecule has 0 bridgehead atoms. The van der Waals surface area contributed by atoms with Crippen molar-refractivity contribution in [3.05, 3.63) is 76.8 Å². The van der Waals surface area contributed by atoms with Crippen LogP contribution in [-0.4, -0.2) is 45.2 Å². The molecule has 1 atom stereocenters. The number of nitrogens with one attached hydrogen (secondary N) is 1. The number of carbonyl (C=O) groups is 1. The molecule has 1 N–H and O–H groups in total. The highest BCUT2D eigenvalue weighted by Gasteiger charge is 2.29. The first-order valence-electron chi connectivity index (χ1n) is 8.86. The third-order valence-electron chi connectivity index (χ3n) is 4.85. The van der Waals surface area contributed by atoms with Crippen LogP contribution < -0.4 is 5.32 Å². The average molecular weight is 382 g/mol. The predicted octanol–water partition coefficient (Wildman–Crippen LogP) is 3.02. The average Bonchev–Trinajstić information content (AvgIpc) is 3.22. The first-order valence-corrected chi connectivity index (χ1v) is 9.24. The summed E-state index contributed by atoms with van der Waals surface area (Å²) >= 11 is 6.16. The number of aryl methyl sites for hydroxylation is 1. The minimum absolute atomic E-state index is 0.0229. The summed E-state index contributed by atoms with van der Waals surface area (Å²) in [7, 11) is 0. The van der Waals surface area contributed by atoms with E-state index in [2.05, 4.69) is 15.4 Å². The minimum Gasteiger partial charge on any atom is -0.329 e. The zero-order chi connectivity index (χ0) is 18.8. The van der Waals surface area contributed by atoms with Crippen LogP contribution in [0.2, 0.25) is 5.02 Å². The zero-order valence-electron chi connectivity index (χ0n) is 15.0. The van der Waals surface area contributed by atoms with Crippen molar-refractivity contribution >= 4 is 17.5 Å². The van der Waals surface area contributed by atoms with E-state index >= 15 is 0 Å². The minimum atomic E-state index is -0.0414. The Balaban J connectivity index is 1.63. The third kappa shape index (κ3) is 3.59. The maximum absolute atomic E-state index is 13.2. The second-order valence-corrected chi connectivity index (χ2v) is 7.05. The fraction of sp³-hybridized carbons (Fsp3) is 0.250. The normalized spacial score (nSPS) is 17.1. The summed E-state index contributed by atoms with van der Waals surface area (Å²) in [6, 6.07) is 13.3. The summed E-state index contributed by atoms with van der Waals surface area (Å²) in [6.45, 7) is 4.11. The SMILES string of the molecule is Cc1cc(C(=O)N2CCNCC2c2cccc(Cl)c2)ccc1-n1cncn1. The lowest BCUT2D eigenvalue weighted by atomic mass is 10.0. The van der Waals surface area contributed by atoms with E-state index in [1.165, 1.54) is 6.33 Å². The molecule has 7 heteroatoms. The van der Waals surface area contributed by atoms with Gasteiger partial charge in [-0.05, 0) is 48.4 Å². The number of nitrogens with zero attached hydrogens (tertiary/aromatic N) is 4. The van der Waals surface area contributed by atoms with Gasteiger partial charge in [0.05, 0.1) is 11.7 Å². The number of hydrogen-bond donors (Lipinski definition) is 1. The molecule has 0 radical (unpaired) electrons. The largest absolute Gasteiger partial charge is 0.329 e. The quantitative estimate of drug-likeness (QED) is 0.757. The van der Waals surface area contributed by atoms with Gasteiger partial charge < -0.3 is 10.2 Å². The van der Waals surface area contributed by atoms with Crippen LogP contribution in [0.3, 0.4) is 0 Å². The molecule has 6 nitrogen and oxygen atoms in total. The molecule has 1 aliphatic heterocycles. The Morgan fingerprint density at radius 2 is 2.15 bits per heavy atom. The van der Waals surface area contributed by atoms with E-state index in [0.29, 0.717) is 23.7 Å². The summed E-state index contributed by atoms with van der Waals surface area (Å²) in [5, 5.41) is 8.21. The molecule has 1 aliphatic rings. The van der Waals surface area contributed by atoms with E-state index in [-0.39, 0.29) is 11.9 Å². The van der Waals surface area contributed by atoms with Gasteiger partial charge in [-0.1, -0.05) is 23.7 Å². The topological polar surface area (TPSA) is 63.1 Å². The van der Waals surface area contributed by atoms with Crippen LogP contribution in [-0.2, 0) is 0 Å². The van der Waals surface area contributed by atoms with E-state index in [1.807, 2.05) is 54.3 Å². The fourth-order valence-electron chi connectivity index (χ4n) is 3.50. The highest BCUT2D eigenvalue weighted by atomic mass is 35.5. The van der Waals surface area contributed by atoms with Crippen molar-refractivity contribution in [3.63, 3.8) is 0 Å². The van der Waals surface area contributed by atoms with Gasteiger partial charge in [-0.3, -0.25) is 4.79 Å². The predicted molar refractivity (Wildman–Crippen MR) is 104 cm³/mol. The Morgan fingerprint density at radius 1 is 1.26 bits per heavy atom. The van der Waals surface area contributed by atoms with E-state index in [4.69, 9.17) is 11.6 Å². The molecule has 4 rings (SSSR count). The Bertz CT molecular complexity index is 957. The second kappa shape index (κ2) is 7.50. The van der Waals surface area contributed by atoms with Gasteiger partial charge in [0.25, 0.3) is 5.91 Å². The van der Waals surface area contributed by atoms with Gasteiger partial charge in [0.2, 0.25) is 0 Å². The van der Waals surface area contributed by atoms with Gasteiger partial charge in [-0.25, -0.2) is 9.67 Å². The van der Waals surface area contributed by atoms with E-state index in [9.17, 15) is 4.79 Å². The van der Waals surface area contributed by atoms with Gasteiger partial charge in [-0.15, -0.1) is 0 Å². The molecule has 1 amide bonds. The highest BCUT2D eigenvalue weighted by molar-refractivity contribution is 6.30. The number of rotatable bonds is 3. The van der Waals surface area contributed by atoms with Crippen molar-refractivity contribution in [3.8, 4) is 5.69 Å². The van der Waals surface area contributed by atoms with Crippen LogP contribution >= 0.6 is 11.6 Å². The number of piperazine rings is 1. The molecule has 27 heavy (non-hydrogen) atoms. The molecule has 2 aromatic carbocycles. The number of carbonyl (C=O) groups excluding carboxylic acids is 1. The monoisotopic (exact) mass is 381 g/mol. The molecule has 3 aromatic rings. The number of hydrogen-bond acceptors (Lipinski definition) is 4. The first-order chi connectivity index (χ1) is 13.1. The van der Waals surface area contributed by atoms with Crippen LogP contribution in [0, 0.1) is 6.92 Å². The summed E-state index contributed by atoms with van der Waals surface area (Å²) in [4.78, 5) is 19.2. The number of aromatic nitrogens is 3. The van der Waals surface area contributed by atoms with Crippen LogP contribution in [0.15, 0.2) is 55.1 Å². The van der Waals surface area contributed by atoms with Crippen molar-refractivity contribution < 1.29 is 4.79 Å². The van der Waals surface area contributed by atoms with Crippen molar-refractivity contribution in [2.45, 2.75) is 13.0 Å². The Labute approximate surface area is 162 Å². The number of halogens is 1. The molecular formula is C20H20ClN5O. The zero-order valence-corrected chi connectivity index (χ0v) is 15.7. The molecule has 0 aliphatic carbocycles. The second-order valence-electron chi connectivity index (χ2n) is 6.61. The molecule has 1 aromatic heterocycles. The summed E-state index contributed by atoms with van der Waals surface area (Å²) in [6.07, 6.45) is 3.14. The van der Waals surface area contributed by atoms with E-state index < -0.39 is 0 Å². The van der Waals surface area contributed by atoms with E-state index in [1.54, 1.807) is 11.0 Å². The Hall–Kier alpha value is -2.70. The lowest BCUT2D eigenvalue weighted by Gasteiger charge is -2.36. The fourth-order valence-corrected chi connectivity index (χ4v) is 3.70. The lowest BCUT2D eigenvalue weighted by Crippen LogP contribution is -2.48. The first kappa shape index (κ1) is 17.7. The summed E-state index contributed by atoms with van der Waals surface area (Å²) in [5.41, 5.74) is 3.60. The van der Waals surface area contributed by atoms with Crippen LogP contribution in [0.25, 0.3) is 5.69 Å². The van der Waals surface area contributed by atoms with Gasteiger partial charge in [0.15, 0.2) is 0 Å². The van der Waals surface area contributed by atoms with Crippen LogP contribution in [0.4, 0.5) is 0 Å². The molecule has 1 saturated heterocycles. The standard InChI is InChI=1S/C20H20ClN5O/c1-14-9-16(5-6-18(14)26-13-23-12-24-26)20(27)25-8-7-22-11-19(25)15-3-2-4-17(21)10-15/h2-6,9-10,12-13,19,22H,7-8,11H2,1H3. The third-order valence-corrected chi connectivity index (χ3v) is 5.08. The lowest BCUT2D eigenvalue weighted by molar-refractivity contribution is 0.0634. The summed E-state index contributed by atoms with van der Waals surface area (Å²) in [5.74, 6) is 0.0229. The van der Waals surface area contributed by atoms with Crippen LogP contribution in [0.1, 0.15) is 27.5 Å². The van der Waals surface area contributed by atoms with E-state index in [0.717, 1.165) is 23.4 Å². The van der Waals surface area contributed by atoms with Crippen molar-refractivity contribution in [1.82, 2.24) is 25.0 Å². The summed E-state index contributed by atoms with van der Waals surface area (Å²) < 4.78 is 1.70. The van der Waals surface area contributed by atoms with Crippen molar-refractivity contribution in [2.75, 3.05) is 19.6 Å². The maximum atomic E-state index is 13.2. The van der Waals surface area contributed by atoms with Crippen LogP contribution in [0.5, 0.6) is 0 Å². The molecule has 0 saturated carbocycles. The molecular weight excluding hydrogens is 362 g/mol. The van der Waals surface area contributed by atoms with Crippen molar-refractivity contribution in [1.29, 1.82) is 0 Å². The van der Waals surface area contributed by atoms with Gasteiger partial charge in [0.1, 0.15) is 12.7 Å². The number of amides is 1. The number of benzene rings is 2. The van der Waals surface area contributed by atoms with Gasteiger partial charge >= 0.3 is 0 Å². The molecule has 1 fully saturated rings. The molecule has 138 valence electrons. The highest BCUT2D eigenvalue weighted by Crippen LogP contribution is 2.27. The van der Waals surface area contributed by atoms with Crippen molar-refractivity contribution in [2.24, 2.45) is 0 Å². The Morgan fingerprint density at radius 3 is 2.89 bits per heavy atom. The smallest absolute Gasteiger partial charge is 0.254 e. The molecule has 1 unspecified atom stereocenters. The van der Waals surface area contributed by atoms with Gasteiger partial charge in [-0.2, -0.15) is 5.10 Å². The maximum Gasteiger partial charge on any atom is 0.254 e. The molecule has 0 spiro atoms.